The maximum absolute atomic E-state index is 12.2. The summed E-state index contributed by atoms with van der Waals surface area (Å²) in [7, 11) is 0. The number of hydrogen-bond donors (Lipinski definition) is 4. The Hall–Kier alpha value is -1.78. The van der Waals surface area contributed by atoms with Crippen LogP contribution in [-0.4, -0.2) is 70.5 Å². The van der Waals surface area contributed by atoms with Crippen LogP contribution in [0, 0.1) is 13.8 Å². The highest BCUT2D eigenvalue weighted by atomic mass is 79.9. The van der Waals surface area contributed by atoms with Crippen molar-refractivity contribution in [2.45, 2.75) is 51.7 Å². The fourth-order valence-electron chi connectivity index (χ4n) is 3.61. The molecule has 0 spiro atoms. The number of likely N-dealkylation sites (tertiary alicyclic amines) is 1. The molecule has 0 unspecified atom stereocenters. The van der Waals surface area contributed by atoms with Crippen molar-refractivity contribution in [2.24, 2.45) is 0 Å². The van der Waals surface area contributed by atoms with Crippen LogP contribution in [0.5, 0.6) is 0 Å². The minimum Gasteiger partial charge on any atom is -0.478 e. The Morgan fingerprint density at radius 3 is 1.71 bits per heavy atom. The SMILES string of the molecule is Cc1cc(C(=O)N2CCC(O)CC2)ccc1Br.Cc1cc(C(=O)O)ccc1Br.OC1CCNCC1. The van der Waals surface area contributed by atoms with Gasteiger partial charge in [0.2, 0.25) is 0 Å². The Morgan fingerprint density at radius 2 is 1.29 bits per heavy atom. The van der Waals surface area contributed by atoms with E-state index in [0.29, 0.717) is 31.5 Å². The molecule has 2 aliphatic heterocycles. The standard InChI is InChI=1S/C13H16BrNO2.C8H7BrO2.C5H11NO/c1-9-8-10(2-3-12(9)14)13(17)15-6-4-11(16)5-7-15;1-5-4-6(8(10)11)2-3-7(5)9;7-5-1-3-6-4-2-5/h2-3,8,11,16H,4-7H2,1H3;2-4H,1H3,(H,10,11);5-7H,1-4H2. The average Bonchev–Trinajstić information content (AvgIpc) is 2.84. The van der Waals surface area contributed by atoms with E-state index in [-0.39, 0.29) is 18.1 Å². The van der Waals surface area contributed by atoms with E-state index in [4.69, 9.17) is 10.2 Å². The number of aliphatic hydroxyl groups excluding tert-OH is 2. The Morgan fingerprint density at radius 1 is 0.829 bits per heavy atom. The summed E-state index contributed by atoms with van der Waals surface area (Å²) in [6.07, 6.45) is 2.95. The lowest BCUT2D eigenvalue weighted by molar-refractivity contribution is 0.0545. The second-order valence-corrected chi connectivity index (χ2v) is 10.4. The van der Waals surface area contributed by atoms with E-state index in [2.05, 4.69) is 37.2 Å². The zero-order chi connectivity index (χ0) is 26.0. The summed E-state index contributed by atoms with van der Waals surface area (Å²) < 4.78 is 1.95. The number of halogens is 2. The van der Waals surface area contributed by atoms with Gasteiger partial charge in [0, 0.05) is 27.6 Å². The van der Waals surface area contributed by atoms with Crippen LogP contribution in [0.3, 0.4) is 0 Å². The summed E-state index contributed by atoms with van der Waals surface area (Å²) in [5, 5.41) is 30.0. The van der Waals surface area contributed by atoms with Gasteiger partial charge in [-0.1, -0.05) is 31.9 Å². The smallest absolute Gasteiger partial charge is 0.335 e. The molecule has 2 aliphatic rings. The fraction of sp³-hybridized carbons (Fsp3) is 0.462. The first-order valence-corrected chi connectivity index (χ1v) is 13.3. The Kier molecular flexibility index (Phi) is 12.4. The van der Waals surface area contributed by atoms with Gasteiger partial charge in [0.15, 0.2) is 0 Å². The molecule has 0 aromatic heterocycles. The Bertz CT molecular complexity index is 988. The number of aliphatic hydroxyl groups is 2. The van der Waals surface area contributed by atoms with Crippen molar-refractivity contribution in [1.82, 2.24) is 10.2 Å². The van der Waals surface area contributed by atoms with Gasteiger partial charge in [-0.05, 0) is 100 Å². The molecular weight excluding hydrogens is 580 g/mol. The number of carboxylic acid groups (broad SMARTS) is 1. The number of carbonyl (C=O) groups is 2. The molecule has 4 N–H and O–H groups in total. The summed E-state index contributed by atoms with van der Waals surface area (Å²) in [5.74, 6) is -0.826. The Balaban J connectivity index is 0.000000205. The number of aromatic carboxylic acids is 1. The van der Waals surface area contributed by atoms with Gasteiger partial charge < -0.3 is 25.5 Å². The van der Waals surface area contributed by atoms with Crippen LogP contribution in [-0.2, 0) is 0 Å². The number of nitrogens with one attached hydrogen (secondary N) is 1. The van der Waals surface area contributed by atoms with E-state index < -0.39 is 5.97 Å². The van der Waals surface area contributed by atoms with Gasteiger partial charge in [0.1, 0.15) is 0 Å². The summed E-state index contributed by atoms with van der Waals surface area (Å²) in [4.78, 5) is 24.5. The molecule has 4 rings (SSSR count). The van der Waals surface area contributed by atoms with Crippen LogP contribution >= 0.6 is 31.9 Å². The van der Waals surface area contributed by atoms with Crippen molar-refractivity contribution in [1.29, 1.82) is 0 Å². The zero-order valence-corrected chi connectivity index (χ0v) is 23.3. The maximum Gasteiger partial charge on any atom is 0.335 e. The Labute approximate surface area is 223 Å². The molecule has 1 amide bonds. The molecule has 0 atom stereocenters. The van der Waals surface area contributed by atoms with Gasteiger partial charge in [0.05, 0.1) is 17.8 Å². The van der Waals surface area contributed by atoms with Gasteiger partial charge in [-0.15, -0.1) is 0 Å². The highest BCUT2D eigenvalue weighted by Gasteiger charge is 2.22. The number of nitrogens with zero attached hydrogens (tertiary/aromatic N) is 1. The van der Waals surface area contributed by atoms with Crippen LogP contribution < -0.4 is 5.32 Å². The first kappa shape index (κ1) is 29.5. The molecule has 2 fully saturated rings. The molecule has 9 heteroatoms. The maximum atomic E-state index is 12.2. The van der Waals surface area contributed by atoms with Crippen molar-refractivity contribution < 1.29 is 24.9 Å². The predicted molar refractivity (Wildman–Crippen MR) is 144 cm³/mol. The second-order valence-electron chi connectivity index (χ2n) is 8.74. The lowest BCUT2D eigenvalue weighted by Crippen LogP contribution is -2.40. The number of hydrogen-bond acceptors (Lipinski definition) is 5. The van der Waals surface area contributed by atoms with E-state index in [9.17, 15) is 14.7 Å². The third kappa shape index (κ3) is 10.0. The van der Waals surface area contributed by atoms with Gasteiger partial charge in [-0.25, -0.2) is 4.79 Å². The molecule has 35 heavy (non-hydrogen) atoms. The van der Waals surface area contributed by atoms with E-state index in [1.807, 2.05) is 36.9 Å². The summed E-state index contributed by atoms with van der Waals surface area (Å²) in [6.45, 7) is 7.10. The largest absolute Gasteiger partial charge is 0.478 e. The number of carboxylic acids is 1. The third-order valence-corrected chi connectivity index (χ3v) is 7.65. The topological polar surface area (TPSA) is 110 Å². The highest BCUT2D eigenvalue weighted by molar-refractivity contribution is 9.10. The normalized spacial score (nSPS) is 16.5. The third-order valence-electron chi connectivity index (χ3n) is 5.87. The minimum absolute atomic E-state index is 0.0266. The molecule has 0 aliphatic carbocycles. The molecule has 2 saturated heterocycles. The summed E-state index contributed by atoms with van der Waals surface area (Å²) in [5.41, 5.74) is 3.05. The van der Waals surface area contributed by atoms with E-state index in [1.54, 1.807) is 18.2 Å². The quantitative estimate of drug-likeness (QED) is 0.396. The number of benzene rings is 2. The molecule has 2 aromatic rings. The fourth-order valence-corrected chi connectivity index (χ4v) is 4.11. The van der Waals surface area contributed by atoms with E-state index in [0.717, 1.165) is 51.6 Å². The van der Waals surface area contributed by atoms with E-state index in [1.165, 1.54) is 0 Å². The molecule has 2 heterocycles. The molecule has 192 valence electrons. The van der Waals surface area contributed by atoms with Crippen LogP contribution in [0.15, 0.2) is 45.3 Å². The number of amides is 1. The summed E-state index contributed by atoms with van der Waals surface area (Å²) in [6, 6.07) is 10.6. The van der Waals surface area contributed by atoms with Gasteiger partial charge in [0.25, 0.3) is 5.91 Å². The van der Waals surface area contributed by atoms with Gasteiger partial charge >= 0.3 is 5.97 Å². The van der Waals surface area contributed by atoms with Crippen molar-refractivity contribution >= 4 is 43.7 Å². The zero-order valence-electron chi connectivity index (χ0n) is 20.1. The highest BCUT2D eigenvalue weighted by Crippen LogP contribution is 2.20. The van der Waals surface area contributed by atoms with Crippen molar-refractivity contribution in [2.75, 3.05) is 26.2 Å². The van der Waals surface area contributed by atoms with Crippen molar-refractivity contribution in [3.63, 3.8) is 0 Å². The van der Waals surface area contributed by atoms with E-state index >= 15 is 0 Å². The second kappa shape index (κ2) is 14.7. The van der Waals surface area contributed by atoms with Crippen LogP contribution in [0.4, 0.5) is 0 Å². The minimum atomic E-state index is -0.888. The molecule has 0 bridgehead atoms. The lowest BCUT2D eigenvalue weighted by atomic mass is 10.1. The number of carbonyl (C=O) groups excluding carboxylic acids is 1. The average molecular weight is 614 g/mol. The number of aryl methyl sites for hydroxylation is 2. The first-order chi connectivity index (χ1) is 16.6. The number of piperidine rings is 2. The number of rotatable bonds is 2. The van der Waals surface area contributed by atoms with Crippen LogP contribution in [0.25, 0.3) is 0 Å². The van der Waals surface area contributed by atoms with Crippen LogP contribution in [0.1, 0.15) is 57.5 Å². The molecule has 7 nitrogen and oxygen atoms in total. The molecule has 0 radical (unpaired) electrons. The first-order valence-electron chi connectivity index (χ1n) is 11.7. The molecule has 0 saturated carbocycles. The van der Waals surface area contributed by atoms with Gasteiger partial charge in [-0.2, -0.15) is 0 Å². The van der Waals surface area contributed by atoms with Crippen molar-refractivity contribution in [3.05, 3.63) is 67.6 Å². The lowest BCUT2D eigenvalue weighted by Gasteiger charge is -2.29. The van der Waals surface area contributed by atoms with Crippen LogP contribution in [0.2, 0.25) is 0 Å². The van der Waals surface area contributed by atoms with Gasteiger partial charge in [-0.3, -0.25) is 4.79 Å². The predicted octanol–water partition coefficient (Wildman–Crippen LogP) is 4.54. The summed E-state index contributed by atoms with van der Waals surface area (Å²) >= 11 is 6.71. The molecule has 2 aromatic carbocycles. The van der Waals surface area contributed by atoms with Crippen molar-refractivity contribution in [3.8, 4) is 0 Å². The monoisotopic (exact) mass is 612 g/mol. The molecular formula is C26H34Br2N2O5.